The lowest BCUT2D eigenvalue weighted by Gasteiger charge is -2.03. The number of alkyl halides is 1. The van der Waals surface area contributed by atoms with Crippen LogP contribution in [0.2, 0.25) is 4.34 Å². The second kappa shape index (κ2) is 3.73. The Morgan fingerprint density at radius 3 is 2.69 bits per heavy atom. The molecule has 0 nitrogen and oxygen atoms in total. The zero-order chi connectivity index (χ0) is 9.59. The summed E-state index contributed by atoms with van der Waals surface area (Å²) in [6.45, 7) is 2.24. The van der Waals surface area contributed by atoms with E-state index in [2.05, 4.69) is 22.9 Å². The van der Waals surface area contributed by atoms with E-state index in [4.69, 9.17) is 23.2 Å². The normalized spacial score (nSPS) is 28.9. The van der Waals surface area contributed by atoms with Crippen LogP contribution in [0, 0.1) is 11.8 Å². The molecule has 72 valence electrons. The van der Waals surface area contributed by atoms with Crippen LogP contribution in [0.25, 0.3) is 0 Å². The van der Waals surface area contributed by atoms with Gasteiger partial charge in [0.25, 0.3) is 0 Å². The van der Waals surface area contributed by atoms with Crippen LogP contribution in [0.3, 0.4) is 0 Å². The van der Waals surface area contributed by atoms with Gasteiger partial charge in [0, 0.05) is 9.35 Å². The Bertz CT molecular complexity index is 304. The quantitative estimate of drug-likeness (QED) is 0.667. The molecule has 0 aliphatic heterocycles. The number of hydrogen-bond acceptors (Lipinski definition) is 1. The molecule has 4 heteroatoms. The third kappa shape index (κ3) is 2.06. The van der Waals surface area contributed by atoms with Gasteiger partial charge in [-0.05, 0) is 40.3 Å². The van der Waals surface area contributed by atoms with Gasteiger partial charge in [0.05, 0.1) is 5.38 Å². The van der Waals surface area contributed by atoms with E-state index in [1.54, 1.807) is 11.3 Å². The maximum Gasteiger partial charge on any atom is 0.107 e. The summed E-state index contributed by atoms with van der Waals surface area (Å²) in [5.74, 6) is 1.44. The van der Waals surface area contributed by atoms with Crippen molar-refractivity contribution in [2.75, 3.05) is 0 Å². The zero-order valence-corrected chi connectivity index (χ0v) is 11.0. The average Bonchev–Trinajstić information content (AvgIpc) is 2.70. The van der Waals surface area contributed by atoms with Gasteiger partial charge in [0.2, 0.25) is 0 Å². The van der Waals surface area contributed by atoms with Crippen LogP contribution in [-0.2, 0) is 0 Å². The standard InChI is InChI=1S/C9H9BrCl2S/c1-4-2-5(4)8(11)7-3-6(10)9(12)13-7/h3-5,8H,2H2,1H3. The molecule has 3 unspecified atom stereocenters. The molecule has 1 fully saturated rings. The van der Waals surface area contributed by atoms with E-state index < -0.39 is 0 Å². The number of rotatable bonds is 2. The molecule has 0 spiro atoms. The Morgan fingerprint density at radius 2 is 2.31 bits per heavy atom. The van der Waals surface area contributed by atoms with Crippen LogP contribution in [0.1, 0.15) is 23.6 Å². The van der Waals surface area contributed by atoms with Gasteiger partial charge in [-0.2, -0.15) is 0 Å². The van der Waals surface area contributed by atoms with Crippen LogP contribution < -0.4 is 0 Å². The molecule has 1 saturated carbocycles. The summed E-state index contributed by atoms with van der Waals surface area (Å²) < 4.78 is 1.77. The minimum absolute atomic E-state index is 0.156. The Hall–Kier alpha value is 0.760. The minimum atomic E-state index is 0.156. The van der Waals surface area contributed by atoms with Gasteiger partial charge in [0.1, 0.15) is 4.34 Å². The van der Waals surface area contributed by atoms with E-state index in [0.29, 0.717) is 5.92 Å². The monoisotopic (exact) mass is 298 g/mol. The van der Waals surface area contributed by atoms with Crippen molar-refractivity contribution < 1.29 is 0 Å². The molecule has 0 aromatic carbocycles. The van der Waals surface area contributed by atoms with Gasteiger partial charge >= 0.3 is 0 Å². The van der Waals surface area contributed by atoms with E-state index in [9.17, 15) is 0 Å². The molecule has 1 aromatic rings. The van der Waals surface area contributed by atoms with E-state index >= 15 is 0 Å². The van der Waals surface area contributed by atoms with Crippen molar-refractivity contribution in [1.29, 1.82) is 0 Å². The zero-order valence-electron chi connectivity index (χ0n) is 7.06. The predicted molar refractivity (Wildman–Crippen MR) is 62.9 cm³/mol. The fourth-order valence-electron chi connectivity index (χ4n) is 1.47. The maximum atomic E-state index is 6.31. The molecular formula is C9H9BrCl2S. The fraction of sp³-hybridized carbons (Fsp3) is 0.556. The highest BCUT2D eigenvalue weighted by molar-refractivity contribution is 9.10. The maximum absolute atomic E-state index is 6.31. The molecule has 0 amide bonds. The smallest absolute Gasteiger partial charge is 0.107 e. The molecule has 0 radical (unpaired) electrons. The molecule has 2 rings (SSSR count). The average molecular weight is 300 g/mol. The topological polar surface area (TPSA) is 0 Å². The molecule has 0 bridgehead atoms. The summed E-state index contributed by atoms with van der Waals surface area (Å²) in [4.78, 5) is 1.19. The highest BCUT2D eigenvalue weighted by atomic mass is 79.9. The van der Waals surface area contributed by atoms with Crippen LogP contribution in [0.15, 0.2) is 10.5 Å². The van der Waals surface area contributed by atoms with Crippen molar-refractivity contribution in [3.05, 3.63) is 19.8 Å². The van der Waals surface area contributed by atoms with Crippen LogP contribution in [0.4, 0.5) is 0 Å². The fourth-order valence-corrected chi connectivity index (χ4v) is 3.81. The lowest BCUT2D eigenvalue weighted by atomic mass is 10.2. The number of thiophene rings is 1. The summed E-state index contributed by atoms with van der Waals surface area (Å²) >= 11 is 17.2. The van der Waals surface area contributed by atoms with Crippen molar-refractivity contribution in [2.24, 2.45) is 11.8 Å². The number of hydrogen-bond donors (Lipinski definition) is 0. The van der Waals surface area contributed by atoms with Crippen LogP contribution in [0.5, 0.6) is 0 Å². The molecule has 1 heterocycles. The van der Waals surface area contributed by atoms with E-state index in [0.717, 1.165) is 14.7 Å². The Kier molecular flexibility index (Phi) is 2.95. The highest BCUT2D eigenvalue weighted by Crippen LogP contribution is 2.52. The van der Waals surface area contributed by atoms with E-state index in [1.165, 1.54) is 11.3 Å². The largest absolute Gasteiger partial charge is 0.126 e. The first-order chi connectivity index (χ1) is 6.09. The van der Waals surface area contributed by atoms with Gasteiger partial charge in [-0.3, -0.25) is 0 Å². The highest BCUT2D eigenvalue weighted by Gasteiger charge is 2.40. The van der Waals surface area contributed by atoms with Crippen molar-refractivity contribution in [3.8, 4) is 0 Å². The third-order valence-electron chi connectivity index (χ3n) is 2.48. The second-order valence-corrected chi connectivity index (χ2v) is 6.56. The molecule has 1 aliphatic rings. The third-order valence-corrected chi connectivity index (χ3v) is 5.73. The van der Waals surface area contributed by atoms with Gasteiger partial charge in [-0.15, -0.1) is 22.9 Å². The molecule has 1 aliphatic carbocycles. The van der Waals surface area contributed by atoms with Crippen LogP contribution >= 0.6 is 50.5 Å². The predicted octanol–water partition coefficient (Wildman–Crippen LogP) is 5.10. The first kappa shape index (κ1) is 10.3. The Morgan fingerprint density at radius 1 is 1.69 bits per heavy atom. The minimum Gasteiger partial charge on any atom is -0.126 e. The lowest BCUT2D eigenvalue weighted by Crippen LogP contribution is -1.89. The first-order valence-corrected chi connectivity index (χ1v) is 6.60. The molecule has 13 heavy (non-hydrogen) atoms. The van der Waals surface area contributed by atoms with Gasteiger partial charge in [0.15, 0.2) is 0 Å². The summed E-state index contributed by atoms with van der Waals surface area (Å²) in [7, 11) is 0. The van der Waals surface area contributed by atoms with Crippen LogP contribution in [-0.4, -0.2) is 0 Å². The Labute approximate surface area is 100 Å². The van der Waals surface area contributed by atoms with Crippen molar-refractivity contribution in [3.63, 3.8) is 0 Å². The summed E-state index contributed by atoms with van der Waals surface area (Å²) in [6, 6.07) is 2.04. The molecule has 1 aromatic heterocycles. The van der Waals surface area contributed by atoms with Gasteiger partial charge < -0.3 is 0 Å². The lowest BCUT2D eigenvalue weighted by molar-refractivity contribution is 0.731. The number of halogens is 3. The second-order valence-electron chi connectivity index (χ2n) is 3.55. The van der Waals surface area contributed by atoms with Crippen molar-refractivity contribution >= 4 is 50.5 Å². The Balaban J connectivity index is 2.16. The van der Waals surface area contributed by atoms with Gasteiger partial charge in [-0.25, -0.2) is 0 Å². The molecular weight excluding hydrogens is 291 g/mol. The van der Waals surface area contributed by atoms with Crippen molar-refractivity contribution in [2.45, 2.75) is 18.7 Å². The summed E-state index contributed by atoms with van der Waals surface area (Å²) in [6.07, 6.45) is 1.25. The molecule has 0 saturated heterocycles. The first-order valence-electron chi connectivity index (χ1n) is 4.18. The SMILES string of the molecule is CC1CC1C(Cl)c1cc(Br)c(Cl)s1. The summed E-state index contributed by atoms with van der Waals surface area (Å²) in [5, 5.41) is 0.156. The van der Waals surface area contributed by atoms with Crippen molar-refractivity contribution in [1.82, 2.24) is 0 Å². The molecule has 0 N–H and O–H groups in total. The summed E-state index contributed by atoms with van der Waals surface area (Å²) in [5.41, 5.74) is 0. The van der Waals surface area contributed by atoms with E-state index in [1.807, 2.05) is 6.07 Å². The molecule has 3 atom stereocenters. The van der Waals surface area contributed by atoms with Gasteiger partial charge in [-0.1, -0.05) is 18.5 Å². The van der Waals surface area contributed by atoms with E-state index in [-0.39, 0.29) is 5.38 Å².